The Morgan fingerprint density at radius 3 is 2.35 bits per heavy atom. The van der Waals surface area contributed by atoms with E-state index in [1.165, 1.54) is 18.2 Å². The summed E-state index contributed by atoms with van der Waals surface area (Å²) in [5, 5.41) is 12.0. The second-order valence-electron chi connectivity index (χ2n) is 6.33. The van der Waals surface area contributed by atoms with Gasteiger partial charge in [-0.25, -0.2) is 4.79 Å². The standard InChI is InChI=1S/C16H14BF6NO7/c18-15(19,20)5-11(25)24-10-4-8-2-1-3-9(13(8)31-17(10)28)14(27)30-7-29-12(26)6-16(21,22)23/h1-3,10,28H,4-7H2,(H,24,25)/t10-/m0/s1. The third-order valence-corrected chi connectivity index (χ3v) is 3.80. The summed E-state index contributed by atoms with van der Waals surface area (Å²) in [6.45, 7) is -1.11. The first-order valence-electron chi connectivity index (χ1n) is 8.47. The minimum Gasteiger partial charge on any atom is -0.534 e. The molecule has 1 aliphatic rings. The Hall–Kier alpha value is -2.97. The van der Waals surface area contributed by atoms with Crippen molar-refractivity contribution < 1.29 is 59.9 Å². The largest absolute Gasteiger partial charge is 0.547 e. The Balaban J connectivity index is 2.00. The molecule has 0 aliphatic carbocycles. The first-order chi connectivity index (χ1) is 14.2. The van der Waals surface area contributed by atoms with E-state index < -0.39 is 62.9 Å². The fraction of sp³-hybridized carbons (Fsp3) is 0.438. The predicted octanol–water partition coefficient (Wildman–Crippen LogP) is 1.69. The summed E-state index contributed by atoms with van der Waals surface area (Å²) in [5.74, 6) is -5.66. The number of carbonyl (C=O) groups is 3. The van der Waals surface area contributed by atoms with Crippen LogP contribution in [0.2, 0.25) is 0 Å². The molecule has 1 amide bonds. The van der Waals surface area contributed by atoms with E-state index in [-0.39, 0.29) is 23.3 Å². The summed E-state index contributed by atoms with van der Waals surface area (Å²) in [7, 11) is -1.80. The van der Waals surface area contributed by atoms with Crippen LogP contribution in [0.15, 0.2) is 18.2 Å². The molecule has 1 aliphatic heterocycles. The van der Waals surface area contributed by atoms with Crippen LogP contribution in [0.4, 0.5) is 26.3 Å². The zero-order valence-electron chi connectivity index (χ0n) is 15.4. The minimum atomic E-state index is -4.80. The topological polar surface area (TPSA) is 111 Å². The van der Waals surface area contributed by atoms with Crippen LogP contribution in [-0.4, -0.2) is 55.1 Å². The Kier molecular flexibility index (Phi) is 7.41. The van der Waals surface area contributed by atoms with Crippen LogP contribution in [0, 0.1) is 0 Å². The fourth-order valence-electron chi connectivity index (χ4n) is 2.59. The molecule has 2 rings (SSSR count). The lowest BCUT2D eigenvalue weighted by molar-refractivity contribution is -0.177. The van der Waals surface area contributed by atoms with Gasteiger partial charge in [0.25, 0.3) is 0 Å². The van der Waals surface area contributed by atoms with Crippen molar-refractivity contribution in [1.82, 2.24) is 5.32 Å². The van der Waals surface area contributed by atoms with Gasteiger partial charge in [-0.15, -0.1) is 0 Å². The highest BCUT2D eigenvalue weighted by atomic mass is 19.4. The number of benzene rings is 1. The van der Waals surface area contributed by atoms with Crippen LogP contribution in [0.1, 0.15) is 28.8 Å². The first kappa shape index (κ1) is 24.3. The molecule has 0 fully saturated rings. The molecular formula is C16H14BF6NO7. The maximum Gasteiger partial charge on any atom is 0.547 e. The van der Waals surface area contributed by atoms with Crippen LogP contribution >= 0.6 is 0 Å². The highest BCUT2D eigenvalue weighted by molar-refractivity contribution is 6.47. The lowest BCUT2D eigenvalue weighted by Crippen LogP contribution is -2.53. The van der Waals surface area contributed by atoms with E-state index in [2.05, 4.69) is 9.47 Å². The van der Waals surface area contributed by atoms with Crippen molar-refractivity contribution in [3.63, 3.8) is 0 Å². The van der Waals surface area contributed by atoms with Crippen molar-refractivity contribution in [3.05, 3.63) is 29.3 Å². The molecule has 0 aromatic heterocycles. The summed E-state index contributed by atoms with van der Waals surface area (Å²) >= 11 is 0. The SMILES string of the molecule is O=C(CC(F)(F)F)N[C@H]1Cc2cccc(C(=O)OCOC(=O)CC(F)(F)F)c2OB1O. The van der Waals surface area contributed by atoms with E-state index in [0.29, 0.717) is 0 Å². The second kappa shape index (κ2) is 9.45. The van der Waals surface area contributed by atoms with Crippen LogP contribution in [0.5, 0.6) is 5.75 Å². The molecule has 0 saturated heterocycles. The Morgan fingerprint density at radius 2 is 1.74 bits per heavy atom. The Labute approximate surface area is 170 Å². The monoisotopic (exact) mass is 457 g/mol. The van der Waals surface area contributed by atoms with Gasteiger partial charge in [-0.3, -0.25) is 9.59 Å². The maximum absolute atomic E-state index is 12.3. The molecule has 1 heterocycles. The number of para-hydroxylation sites is 1. The van der Waals surface area contributed by atoms with Gasteiger partial charge in [0, 0.05) is 0 Å². The summed E-state index contributed by atoms with van der Waals surface area (Å²) in [5.41, 5.74) is -0.0605. The van der Waals surface area contributed by atoms with Crippen molar-refractivity contribution >= 4 is 25.0 Å². The van der Waals surface area contributed by atoms with Crippen molar-refractivity contribution in [2.45, 2.75) is 37.6 Å². The summed E-state index contributed by atoms with van der Waals surface area (Å²) in [6, 6.07) is 3.92. The second-order valence-corrected chi connectivity index (χ2v) is 6.33. The molecule has 0 spiro atoms. The number of esters is 2. The van der Waals surface area contributed by atoms with Crippen LogP contribution in [-0.2, 0) is 25.5 Å². The van der Waals surface area contributed by atoms with Gasteiger partial charge in [0.1, 0.15) is 24.2 Å². The van der Waals surface area contributed by atoms with E-state index in [4.69, 9.17) is 4.65 Å². The number of fused-ring (bicyclic) bond motifs is 1. The van der Waals surface area contributed by atoms with Crippen molar-refractivity contribution in [2.24, 2.45) is 0 Å². The van der Waals surface area contributed by atoms with Gasteiger partial charge in [-0.2, -0.15) is 26.3 Å². The van der Waals surface area contributed by atoms with E-state index in [0.717, 1.165) is 0 Å². The van der Waals surface area contributed by atoms with Gasteiger partial charge >= 0.3 is 31.4 Å². The van der Waals surface area contributed by atoms with Crippen molar-refractivity contribution in [3.8, 4) is 5.75 Å². The highest BCUT2D eigenvalue weighted by Crippen LogP contribution is 2.31. The highest BCUT2D eigenvalue weighted by Gasteiger charge is 2.40. The van der Waals surface area contributed by atoms with E-state index in [1.807, 2.05) is 5.32 Å². The third-order valence-electron chi connectivity index (χ3n) is 3.80. The normalized spacial score (nSPS) is 16.1. The molecule has 15 heteroatoms. The van der Waals surface area contributed by atoms with Crippen molar-refractivity contribution in [1.29, 1.82) is 0 Å². The molecule has 0 bridgehead atoms. The fourth-order valence-corrected chi connectivity index (χ4v) is 2.59. The average molecular weight is 457 g/mol. The number of halogens is 6. The van der Waals surface area contributed by atoms with Crippen LogP contribution in [0.3, 0.4) is 0 Å². The average Bonchev–Trinajstić information content (AvgIpc) is 2.58. The van der Waals surface area contributed by atoms with Gasteiger partial charge < -0.3 is 24.5 Å². The molecule has 0 unspecified atom stereocenters. The molecular weight excluding hydrogens is 443 g/mol. The number of ether oxygens (including phenoxy) is 2. The van der Waals surface area contributed by atoms with Gasteiger partial charge in [0.15, 0.2) is 0 Å². The number of hydrogen-bond donors (Lipinski definition) is 2. The minimum absolute atomic E-state index is 0.193. The quantitative estimate of drug-likeness (QED) is 0.290. The van der Waals surface area contributed by atoms with Gasteiger partial charge in [0.05, 0.1) is 5.94 Å². The Bertz CT molecular complexity index is 845. The number of amides is 1. The number of alkyl halides is 6. The van der Waals surface area contributed by atoms with Gasteiger partial charge in [-0.1, -0.05) is 12.1 Å². The van der Waals surface area contributed by atoms with Gasteiger partial charge in [-0.05, 0) is 18.1 Å². The Morgan fingerprint density at radius 1 is 1.10 bits per heavy atom. The summed E-state index contributed by atoms with van der Waals surface area (Å²) < 4.78 is 86.8. The maximum atomic E-state index is 12.3. The zero-order chi connectivity index (χ0) is 23.4. The predicted molar refractivity (Wildman–Crippen MR) is 88.4 cm³/mol. The summed E-state index contributed by atoms with van der Waals surface area (Å²) in [4.78, 5) is 34.5. The molecule has 170 valence electrons. The molecule has 1 aromatic rings. The number of hydrogen-bond acceptors (Lipinski definition) is 7. The van der Waals surface area contributed by atoms with Gasteiger partial charge in [0.2, 0.25) is 12.7 Å². The van der Waals surface area contributed by atoms with E-state index >= 15 is 0 Å². The summed E-state index contributed by atoms with van der Waals surface area (Å²) in [6.07, 6.45) is -13.4. The first-order valence-corrected chi connectivity index (χ1v) is 8.47. The van der Waals surface area contributed by atoms with E-state index in [9.17, 15) is 45.8 Å². The molecule has 1 aromatic carbocycles. The van der Waals surface area contributed by atoms with Crippen molar-refractivity contribution in [2.75, 3.05) is 6.79 Å². The lowest BCUT2D eigenvalue weighted by atomic mass is 9.72. The van der Waals surface area contributed by atoms with Crippen LogP contribution in [0.25, 0.3) is 0 Å². The third kappa shape index (κ3) is 7.66. The molecule has 1 atom stereocenters. The van der Waals surface area contributed by atoms with E-state index in [1.54, 1.807) is 0 Å². The lowest BCUT2D eigenvalue weighted by Gasteiger charge is -2.29. The smallest absolute Gasteiger partial charge is 0.534 e. The molecule has 0 saturated carbocycles. The molecule has 31 heavy (non-hydrogen) atoms. The number of carbonyl (C=O) groups excluding carboxylic acids is 3. The van der Waals surface area contributed by atoms with Crippen LogP contribution < -0.4 is 9.97 Å². The number of nitrogens with one attached hydrogen (secondary N) is 1. The zero-order valence-corrected chi connectivity index (χ0v) is 15.4. The molecule has 2 N–H and O–H groups in total. The number of rotatable bonds is 6. The molecule has 8 nitrogen and oxygen atoms in total. The molecule has 0 radical (unpaired) electrons.